The minimum Gasteiger partial charge on any atom is -0.414 e. The second-order valence-corrected chi connectivity index (χ2v) is 11.0. The van der Waals surface area contributed by atoms with Crippen LogP contribution in [0.1, 0.15) is 129 Å². The fourth-order valence-corrected chi connectivity index (χ4v) is 5.48. The highest BCUT2D eigenvalue weighted by Gasteiger charge is 2.24. The summed E-state index contributed by atoms with van der Waals surface area (Å²) < 4.78 is 6.40. The van der Waals surface area contributed by atoms with E-state index in [1.54, 1.807) is 0 Å². The average Bonchev–Trinajstić information content (AvgIpc) is 2.65. The maximum atomic E-state index is 6.40. The van der Waals surface area contributed by atoms with Gasteiger partial charge in [0.15, 0.2) is 0 Å². The van der Waals surface area contributed by atoms with Gasteiger partial charge in [-0.2, -0.15) is 0 Å². The largest absolute Gasteiger partial charge is 0.414 e. The highest BCUT2D eigenvalue weighted by molar-refractivity contribution is 6.48. The molecule has 26 heavy (non-hydrogen) atoms. The molecule has 0 heterocycles. The summed E-state index contributed by atoms with van der Waals surface area (Å²) in [7, 11) is -0.548. The molecule has 0 spiro atoms. The number of hydrogen-bond donors (Lipinski definition) is 0. The van der Waals surface area contributed by atoms with Crippen molar-refractivity contribution in [3.63, 3.8) is 0 Å². The topological polar surface area (TPSA) is 9.23 Å². The van der Waals surface area contributed by atoms with Gasteiger partial charge in [-0.25, -0.2) is 0 Å². The van der Waals surface area contributed by atoms with Gasteiger partial charge in [0, 0.05) is 6.10 Å². The van der Waals surface area contributed by atoms with Crippen molar-refractivity contribution >= 4 is 9.04 Å². The molecule has 0 bridgehead atoms. The lowest BCUT2D eigenvalue weighted by molar-refractivity contribution is 0.0969. The third kappa shape index (κ3) is 13.4. The first kappa shape index (κ1) is 24.2. The molecule has 1 aliphatic carbocycles. The zero-order chi connectivity index (χ0) is 18.9. The Hall–Kier alpha value is 0.177. The van der Waals surface area contributed by atoms with Crippen LogP contribution < -0.4 is 0 Å². The molecule has 1 saturated carbocycles. The zero-order valence-electron chi connectivity index (χ0n) is 18.5. The maximum Gasteiger partial charge on any atom is 0.205 e. The van der Waals surface area contributed by atoms with Gasteiger partial charge in [0.1, 0.15) is 0 Å². The van der Waals surface area contributed by atoms with Crippen LogP contribution in [0.2, 0.25) is 13.1 Å². The Kier molecular flexibility index (Phi) is 16.1. The average molecular weight is 382 g/mol. The molecule has 0 saturated heterocycles. The predicted molar refractivity (Wildman–Crippen MR) is 119 cm³/mol. The Bertz CT molecular complexity index is 286. The summed E-state index contributed by atoms with van der Waals surface area (Å²) in [6.45, 7) is 6.92. The van der Waals surface area contributed by atoms with E-state index in [9.17, 15) is 0 Å². The van der Waals surface area contributed by atoms with Gasteiger partial charge in [-0.15, -0.1) is 0 Å². The monoisotopic (exact) mass is 381 g/mol. The van der Waals surface area contributed by atoms with E-state index in [4.69, 9.17) is 4.43 Å². The first-order chi connectivity index (χ1) is 12.7. The zero-order valence-corrected chi connectivity index (χ0v) is 19.5. The van der Waals surface area contributed by atoms with Crippen molar-refractivity contribution in [2.24, 2.45) is 5.92 Å². The Morgan fingerprint density at radius 1 is 0.692 bits per heavy atom. The van der Waals surface area contributed by atoms with Crippen LogP contribution >= 0.6 is 0 Å². The van der Waals surface area contributed by atoms with E-state index in [0.29, 0.717) is 6.10 Å². The van der Waals surface area contributed by atoms with Crippen molar-refractivity contribution in [2.45, 2.75) is 148 Å². The molecule has 2 heteroatoms. The molecular formula is C24H49OSi. The van der Waals surface area contributed by atoms with E-state index < -0.39 is 9.04 Å². The van der Waals surface area contributed by atoms with Gasteiger partial charge in [-0.3, -0.25) is 0 Å². The molecule has 1 rings (SSSR count). The Morgan fingerprint density at radius 2 is 1.15 bits per heavy atom. The van der Waals surface area contributed by atoms with E-state index in [1.165, 1.54) is 122 Å². The fourth-order valence-electron chi connectivity index (χ4n) is 4.56. The molecule has 0 amide bonds. The molecule has 0 aliphatic heterocycles. The van der Waals surface area contributed by atoms with Crippen LogP contribution in [0.4, 0.5) is 0 Å². The van der Waals surface area contributed by atoms with Gasteiger partial charge in [0.25, 0.3) is 0 Å². The molecule has 0 aromatic rings. The summed E-state index contributed by atoms with van der Waals surface area (Å²) in [6.07, 6.45) is 27.9. The molecule has 1 nitrogen and oxygen atoms in total. The summed E-state index contributed by atoms with van der Waals surface area (Å²) >= 11 is 0. The number of rotatable bonds is 17. The van der Waals surface area contributed by atoms with Crippen molar-refractivity contribution in [1.82, 2.24) is 0 Å². The SMILES string of the molecule is CCCCCCCCCCCCCCCC(O[Si](C)C)C1CCCCC1. The van der Waals surface area contributed by atoms with E-state index in [1.807, 2.05) is 0 Å². The second-order valence-electron chi connectivity index (χ2n) is 8.99. The Labute approximate surface area is 167 Å². The molecule has 0 N–H and O–H groups in total. The number of hydrogen-bond acceptors (Lipinski definition) is 1. The van der Waals surface area contributed by atoms with Crippen LogP contribution in [0.25, 0.3) is 0 Å². The molecule has 1 atom stereocenters. The van der Waals surface area contributed by atoms with Crippen molar-refractivity contribution in [2.75, 3.05) is 0 Å². The Balaban J connectivity index is 1.94. The second kappa shape index (κ2) is 17.3. The first-order valence-electron chi connectivity index (χ1n) is 12.2. The van der Waals surface area contributed by atoms with Crippen LogP contribution in [-0.4, -0.2) is 15.1 Å². The molecule has 155 valence electrons. The predicted octanol–water partition coefficient (Wildman–Crippen LogP) is 8.68. The smallest absolute Gasteiger partial charge is 0.205 e. The van der Waals surface area contributed by atoms with Crippen molar-refractivity contribution in [3.8, 4) is 0 Å². The van der Waals surface area contributed by atoms with Crippen LogP contribution in [0.3, 0.4) is 0 Å². The van der Waals surface area contributed by atoms with Crippen LogP contribution in [0, 0.1) is 5.92 Å². The fraction of sp³-hybridized carbons (Fsp3) is 1.00. The molecule has 1 radical (unpaired) electrons. The molecule has 0 aromatic heterocycles. The third-order valence-electron chi connectivity index (χ3n) is 6.15. The highest BCUT2D eigenvalue weighted by atomic mass is 28.3. The maximum absolute atomic E-state index is 6.40. The van der Waals surface area contributed by atoms with Gasteiger partial charge in [0.05, 0.1) is 0 Å². The van der Waals surface area contributed by atoms with E-state index in [2.05, 4.69) is 20.0 Å². The minimum atomic E-state index is -0.548. The quantitative estimate of drug-likeness (QED) is 0.181. The van der Waals surface area contributed by atoms with E-state index >= 15 is 0 Å². The van der Waals surface area contributed by atoms with Crippen LogP contribution in [0.5, 0.6) is 0 Å². The van der Waals surface area contributed by atoms with Crippen molar-refractivity contribution in [3.05, 3.63) is 0 Å². The lowest BCUT2D eigenvalue weighted by Gasteiger charge is -2.31. The summed E-state index contributed by atoms with van der Waals surface area (Å²) in [4.78, 5) is 0. The third-order valence-corrected chi connectivity index (χ3v) is 6.93. The van der Waals surface area contributed by atoms with Crippen LogP contribution in [0.15, 0.2) is 0 Å². The van der Waals surface area contributed by atoms with E-state index in [0.717, 1.165) is 5.92 Å². The number of unbranched alkanes of at least 4 members (excludes halogenated alkanes) is 12. The minimum absolute atomic E-state index is 0.548. The van der Waals surface area contributed by atoms with E-state index in [-0.39, 0.29) is 0 Å². The Morgan fingerprint density at radius 3 is 1.62 bits per heavy atom. The standard InChI is InChI=1S/C24H49OSi/c1-4-5-6-7-8-9-10-11-12-13-14-15-19-22-24(25-26(2)3)23-20-17-16-18-21-23/h23-24H,4-22H2,1-3H3. The highest BCUT2D eigenvalue weighted by Crippen LogP contribution is 2.31. The van der Waals surface area contributed by atoms with Crippen LogP contribution in [-0.2, 0) is 4.43 Å². The molecule has 0 aromatic carbocycles. The van der Waals surface area contributed by atoms with Gasteiger partial charge in [0.2, 0.25) is 9.04 Å². The van der Waals surface area contributed by atoms with Crippen molar-refractivity contribution in [1.29, 1.82) is 0 Å². The van der Waals surface area contributed by atoms with Gasteiger partial charge in [-0.05, 0) is 38.3 Å². The van der Waals surface area contributed by atoms with Gasteiger partial charge < -0.3 is 4.43 Å². The molecular weight excluding hydrogens is 332 g/mol. The molecule has 1 fully saturated rings. The summed E-state index contributed by atoms with van der Waals surface area (Å²) in [5.41, 5.74) is 0. The molecule has 1 aliphatic rings. The summed E-state index contributed by atoms with van der Waals surface area (Å²) in [5, 5.41) is 0. The lowest BCUT2D eigenvalue weighted by atomic mass is 9.83. The first-order valence-corrected chi connectivity index (χ1v) is 14.6. The summed E-state index contributed by atoms with van der Waals surface area (Å²) in [5.74, 6) is 0.876. The van der Waals surface area contributed by atoms with Gasteiger partial charge in [-0.1, -0.05) is 110 Å². The molecule has 1 unspecified atom stereocenters. The lowest BCUT2D eigenvalue weighted by Crippen LogP contribution is -2.30. The van der Waals surface area contributed by atoms with Gasteiger partial charge >= 0.3 is 0 Å². The van der Waals surface area contributed by atoms with Crippen molar-refractivity contribution < 1.29 is 4.43 Å². The normalized spacial score (nSPS) is 17.1. The summed E-state index contributed by atoms with van der Waals surface area (Å²) in [6, 6.07) is 0.